The van der Waals surface area contributed by atoms with E-state index in [1.54, 1.807) is 0 Å². The van der Waals surface area contributed by atoms with Gasteiger partial charge in [0.25, 0.3) is 0 Å². The van der Waals surface area contributed by atoms with E-state index in [2.05, 4.69) is 19.9 Å². The summed E-state index contributed by atoms with van der Waals surface area (Å²) in [5.74, 6) is 1.99. The molecule has 3 fully saturated rings. The third kappa shape index (κ3) is 1.82. The van der Waals surface area contributed by atoms with Gasteiger partial charge in [-0.15, -0.1) is 0 Å². The molecule has 4 rings (SSSR count). The fourth-order valence-corrected chi connectivity index (χ4v) is 6.76. The van der Waals surface area contributed by atoms with Gasteiger partial charge in [-0.2, -0.15) is 5.26 Å². The Labute approximate surface area is 138 Å². The Hall–Kier alpha value is -1.14. The van der Waals surface area contributed by atoms with Crippen molar-refractivity contribution in [3.8, 4) is 6.07 Å². The van der Waals surface area contributed by atoms with Gasteiger partial charge in [0, 0.05) is 11.8 Å². The molecule has 0 amide bonds. The van der Waals surface area contributed by atoms with Gasteiger partial charge in [-0.3, -0.25) is 4.79 Å². The zero-order valence-electron chi connectivity index (χ0n) is 14.3. The van der Waals surface area contributed by atoms with Gasteiger partial charge >= 0.3 is 0 Å². The summed E-state index contributed by atoms with van der Waals surface area (Å²) in [4.78, 5) is 11.8. The number of hydrogen-bond donors (Lipinski definition) is 1. The van der Waals surface area contributed by atoms with Gasteiger partial charge in [0.2, 0.25) is 0 Å². The summed E-state index contributed by atoms with van der Waals surface area (Å²) in [5, 5.41) is 20.4. The molecule has 0 aromatic carbocycles. The Morgan fingerprint density at radius 1 is 1.13 bits per heavy atom. The largest absolute Gasteiger partial charge is 0.375 e. The maximum Gasteiger partial charge on any atom is 0.156 e. The van der Waals surface area contributed by atoms with E-state index in [4.69, 9.17) is 0 Å². The van der Waals surface area contributed by atoms with Crippen molar-refractivity contribution in [1.82, 2.24) is 0 Å². The third-order valence-corrected chi connectivity index (χ3v) is 8.30. The summed E-state index contributed by atoms with van der Waals surface area (Å²) in [6.45, 7) is 4.53. The van der Waals surface area contributed by atoms with Crippen LogP contribution in [0.5, 0.6) is 0 Å². The first-order valence-corrected chi connectivity index (χ1v) is 9.22. The molecule has 0 saturated heterocycles. The van der Waals surface area contributed by atoms with Crippen LogP contribution in [0.4, 0.5) is 0 Å². The summed E-state index contributed by atoms with van der Waals surface area (Å²) >= 11 is 0. The van der Waals surface area contributed by atoms with Gasteiger partial charge in [0.1, 0.15) is 0 Å². The highest BCUT2D eigenvalue weighted by Gasteiger charge is 2.64. The highest BCUT2D eigenvalue weighted by molar-refractivity contribution is 5.91. The number of carbonyl (C=O) groups is 1. The summed E-state index contributed by atoms with van der Waals surface area (Å²) < 4.78 is 0. The second kappa shape index (κ2) is 4.70. The lowest BCUT2D eigenvalue weighted by Gasteiger charge is -2.58. The molecule has 3 nitrogen and oxygen atoms in total. The molecule has 1 N–H and O–H groups in total. The topological polar surface area (TPSA) is 61.1 Å². The van der Waals surface area contributed by atoms with Crippen LogP contribution in [-0.2, 0) is 4.79 Å². The van der Waals surface area contributed by atoms with E-state index in [-0.39, 0.29) is 10.8 Å². The molecule has 6 atom stereocenters. The number of carbonyl (C=O) groups excluding carboxylic acids is 1. The van der Waals surface area contributed by atoms with E-state index in [9.17, 15) is 15.2 Å². The maximum absolute atomic E-state index is 11.8. The standard InChI is InChI=1S/C20H27NO2/c1-18-8-5-14(22)11-13(18)3-4-15-16(18)6-9-19(2)17(15)7-10-20(19,23)12-21/h11,15-17,23H,3-10H2,1-2H3/t15?,16?,17?,18?,19?,20-/m0/s1. The average molecular weight is 313 g/mol. The van der Waals surface area contributed by atoms with Crippen LogP contribution >= 0.6 is 0 Å². The van der Waals surface area contributed by atoms with Crippen molar-refractivity contribution in [1.29, 1.82) is 5.26 Å². The van der Waals surface area contributed by atoms with Crippen LogP contribution in [-0.4, -0.2) is 16.5 Å². The summed E-state index contributed by atoms with van der Waals surface area (Å²) in [6, 6.07) is 2.25. The van der Waals surface area contributed by atoms with Crippen molar-refractivity contribution < 1.29 is 9.90 Å². The van der Waals surface area contributed by atoms with Crippen molar-refractivity contribution in [3.05, 3.63) is 11.6 Å². The Bertz CT molecular complexity index is 632. The zero-order valence-corrected chi connectivity index (χ0v) is 14.3. The first-order valence-electron chi connectivity index (χ1n) is 9.22. The lowest BCUT2D eigenvalue weighted by atomic mass is 9.46. The van der Waals surface area contributed by atoms with Gasteiger partial charge in [0.05, 0.1) is 6.07 Å². The summed E-state index contributed by atoms with van der Waals surface area (Å²) in [5.41, 5.74) is 0.172. The van der Waals surface area contributed by atoms with Crippen LogP contribution < -0.4 is 0 Å². The molecular formula is C20H27NO2. The molecule has 0 aliphatic heterocycles. The number of fused-ring (bicyclic) bond motifs is 5. The second-order valence-electron chi connectivity index (χ2n) is 8.94. The van der Waals surface area contributed by atoms with Crippen molar-refractivity contribution in [2.75, 3.05) is 0 Å². The number of nitrogens with zero attached hydrogens (tertiary/aromatic N) is 1. The molecule has 5 unspecified atom stereocenters. The van der Waals surface area contributed by atoms with Gasteiger partial charge in [-0.05, 0) is 74.2 Å². The van der Waals surface area contributed by atoms with E-state index in [1.165, 1.54) is 5.57 Å². The maximum atomic E-state index is 11.8. The number of ketones is 1. The quantitative estimate of drug-likeness (QED) is 0.692. The SMILES string of the molecule is CC12CCC(=O)C=C1CCC1C2CCC2(C)C1CC[C@]2(O)C#N. The van der Waals surface area contributed by atoms with Gasteiger partial charge in [-0.1, -0.05) is 19.4 Å². The minimum atomic E-state index is -1.14. The number of nitriles is 1. The average Bonchev–Trinajstić information content (AvgIpc) is 2.80. The molecule has 4 aliphatic carbocycles. The number of allylic oxidation sites excluding steroid dienone is 1. The first kappa shape index (κ1) is 15.4. The lowest BCUT2D eigenvalue weighted by molar-refractivity contribution is -0.119. The van der Waals surface area contributed by atoms with E-state index < -0.39 is 5.60 Å². The number of rotatable bonds is 0. The van der Waals surface area contributed by atoms with Crippen molar-refractivity contribution >= 4 is 5.78 Å². The molecule has 0 spiro atoms. The Morgan fingerprint density at radius 2 is 1.87 bits per heavy atom. The molecule has 4 aliphatic rings. The lowest BCUT2D eigenvalue weighted by Crippen LogP contribution is -2.54. The first-order chi connectivity index (χ1) is 10.8. The van der Waals surface area contributed by atoms with Gasteiger partial charge < -0.3 is 5.11 Å². The van der Waals surface area contributed by atoms with Gasteiger partial charge in [-0.25, -0.2) is 0 Å². The summed E-state index contributed by atoms with van der Waals surface area (Å²) in [6.07, 6.45) is 9.42. The molecule has 23 heavy (non-hydrogen) atoms. The van der Waals surface area contributed by atoms with Gasteiger partial charge in [0.15, 0.2) is 11.4 Å². The highest BCUT2D eigenvalue weighted by atomic mass is 16.3. The molecule has 0 aromatic rings. The normalized spacial score (nSPS) is 52.0. The Balaban J connectivity index is 1.70. The Kier molecular flexibility index (Phi) is 3.14. The molecule has 124 valence electrons. The minimum Gasteiger partial charge on any atom is -0.375 e. The Morgan fingerprint density at radius 3 is 2.61 bits per heavy atom. The minimum absolute atomic E-state index is 0.172. The van der Waals surface area contributed by atoms with Crippen molar-refractivity contribution in [3.63, 3.8) is 0 Å². The summed E-state index contributed by atoms with van der Waals surface area (Å²) in [7, 11) is 0. The fraction of sp³-hybridized carbons (Fsp3) is 0.800. The van der Waals surface area contributed by atoms with Crippen LogP contribution in [0.15, 0.2) is 11.6 Å². The third-order valence-electron chi connectivity index (χ3n) is 8.30. The van der Waals surface area contributed by atoms with Crippen molar-refractivity contribution in [2.45, 2.75) is 70.8 Å². The molecule has 3 heteroatoms. The molecule has 0 heterocycles. The highest BCUT2D eigenvalue weighted by Crippen LogP contribution is 2.67. The molecular weight excluding hydrogens is 286 g/mol. The van der Waals surface area contributed by atoms with Crippen LogP contribution in [0.25, 0.3) is 0 Å². The fourth-order valence-electron chi connectivity index (χ4n) is 6.76. The zero-order chi connectivity index (χ0) is 16.5. The predicted molar refractivity (Wildman–Crippen MR) is 87.3 cm³/mol. The van der Waals surface area contributed by atoms with E-state index in [1.807, 2.05) is 6.08 Å². The van der Waals surface area contributed by atoms with Crippen LogP contribution in [0.1, 0.15) is 65.2 Å². The molecule has 0 aromatic heterocycles. The smallest absolute Gasteiger partial charge is 0.156 e. The second-order valence-corrected chi connectivity index (χ2v) is 8.94. The van der Waals surface area contributed by atoms with Crippen LogP contribution in [0.3, 0.4) is 0 Å². The van der Waals surface area contributed by atoms with Crippen LogP contribution in [0.2, 0.25) is 0 Å². The van der Waals surface area contributed by atoms with E-state index >= 15 is 0 Å². The van der Waals surface area contributed by atoms with Crippen molar-refractivity contribution in [2.24, 2.45) is 28.6 Å². The van der Waals surface area contributed by atoms with E-state index in [0.29, 0.717) is 36.4 Å². The molecule has 3 saturated carbocycles. The monoisotopic (exact) mass is 313 g/mol. The molecule has 0 radical (unpaired) electrons. The molecule has 0 bridgehead atoms. The van der Waals surface area contributed by atoms with E-state index in [0.717, 1.165) is 38.5 Å². The van der Waals surface area contributed by atoms with Crippen LogP contribution in [0, 0.1) is 39.9 Å². The number of hydrogen-bond acceptors (Lipinski definition) is 3. The predicted octanol–water partition coefficient (Wildman–Crippen LogP) is 3.77. The number of aliphatic hydroxyl groups is 1.